The number of methoxy groups -OCH3 is 1. The molecule has 7 nitrogen and oxygen atoms in total. The van der Waals surface area contributed by atoms with E-state index in [4.69, 9.17) is 0 Å². The number of anilines is 3. The first-order valence-corrected chi connectivity index (χ1v) is 9.40. The minimum atomic E-state index is -0.800. The van der Waals surface area contributed by atoms with E-state index in [-0.39, 0.29) is 12.1 Å². The third-order valence-corrected chi connectivity index (χ3v) is 4.83. The van der Waals surface area contributed by atoms with Gasteiger partial charge in [0, 0.05) is 17.8 Å². The number of carbonyl (C=O) groups is 3. The highest BCUT2D eigenvalue weighted by molar-refractivity contribution is 6.10. The molecule has 0 saturated carbocycles. The topological polar surface area (TPSA) is 87.7 Å². The lowest BCUT2D eigenvalue weighted by Crippen LogP contribution is -2.37. The Kier molecular flexibility index (Phi) is 6.33. The van der Waals surface area contributed by atoms with E-state index in [0.29, 0.717) is 17.1 Å². The minimum absolute atomic E-state index is 0.164. The number of nitrogens with zero attached hydrogens (tertiary/aromatic N) is 1. The summed E-state index contributed by atoms with van der Waals surface area (Å²) in [6, 6.07) is 6.22. The predicted octanol–water partition coefficient (Wildman–Crippen LogP) is 3.43. The van der Waals surface area contributed by atoms with Gasteiger partial charge in [-0.15, -0.1) is 0 Å². The van der Waals surface area contributed by atoms with Gasteiger partial charge in [-0.25, -0.2) is 8.78 Å². The Morgan fingerprint density at radius 2 is 1.84 bits per heavy atom. The first-order chi connectivity index (χ1) is 14.7. The van der Waals surface area contributed by atoms with Crippen molar-refractivity contribution in [2.24, 2.45) is 0 Å². The van der Waals surface area contributed by atoms with E-state index in [1.165, 1.54) is 18.1 Å². The van der Waals surface area contributed by atoms with E-state index in [9.17, 15) is 23.2 Å². The van der Waals surface area contributed by atoms with Gasteiger partial charge in [-0.1, -0.05) is 0 Å². The number of rotatable bonds is 5. The summed E-state index contributed by atoms with van der Waals surface area (Å²) in [7, 11) is 1.24. The van der Waals surface area contributed by atoms with Crippen molar-refractivity contribution in [3.63, 3.8) is 0 Å². The molecule has 3 rings (SSSR count). The molecule has 0 fully saturated rings. The van der Waals surface area contributed by atoms with Gasteiger partial charge in [0.25, 0.3) is 5.91 Å². The summed E-state index contributed by atoms with van der Waals surface area (Å²) in [5, 5.41) is 5.33. The molecule has 2 aromatic rings. The van der Waals surface area contributed by atoms with Crippen LogP contribution in [-0.2, 0) is 19.1 Å². The van der Waals surface area contributed by atoms with E-state index < -0.39 is 36.0 Å². The number of hydrogen-bond acceptors (Lipinski definition) is 5. The van der Waals surface area contributed by atoms with Crippen molar-refractivity contribution in [2.75, 3.05) is 29.2 Å². The van der Waals surface area contributed by atoms with E-state index in [0.717, 1.165) is 29.3 Å². The van der Waals surface area contributed by atoms with Gasteiger partial charge in [-0.2, -0.15) is 0 Å². The maximum Gasteiger partial charge on any atom is 0.311 e. The second-order valence-corrected chi connectivity index (χ2v) is 7.10. The lowest BCUT2D eigenvalue weighted by molar-refractivity contribution is -0.139. The number of carbonyl (C=O) groups excluding carboxylic acids is 3. The van der Waals surface area contributed by atoms with Crippen LogP contribution in [0.5, 0.6) is 0 Å². The van der Waals surface area contributed by atoms with Crippen molar-refractivity contribution >= 4 is 34.8 Å². The lowest BCUT2D eigenvalue weighted by atomic mass is 10.1. The molecule has 0 aliphatic carbocycles. The van der Waals surface area contributed by atoms with Crippen molar-refractivity contribution < 1.29 is 27.9 Å². The lowest BCUT2D eigenvalue weighted by Gasteiger charge is -2.23. The second-order valence-electron chi connectivity index (χ2n) is 7.10. The zero-order valence-electron chi connectivity index (χ0n) is 17.2. The van der Waals surface area contributed by atoms with Crippen LogP contribution in [0.15, 0.2) is 42.1 Å². The van der Waals surface area contributed by atoms with Crippen LogP contribution in [0, 0.1) is 25.5 Å². The first kappa shape index (κ1) is 21.9. The van der Waals surface area contributed by atoms with Gasteiger partial charge in [0.05, 0.1) is 30.6 Å². The third kappa shape index (κ3) is 5.06. The van der Waals surface area contributed by atoms with Gasteiger partial charge >= 0.3 is 5.97 Å². The minimum Gasteiger partial charge on any atom is -0.469 e. The molecular weight excluding hydrogens is 408 g/mol. The SMILES string of the molecule is COC(=O)CC1=CC(=O)N(CC(=O)Nc2cc(F)ccc2F)c2cc(C)c(C)cc2N1. The summed E-state index contributed by atoms with van der Waals surface area (Å²) in [6.07, 6.45) is 1.04. The van der Waals surface area contributed by atoms with Gasteiger partial charge in [0.2, 0.25) is 5.91 Å². The van der Waals surface area contributed by atoms with Gasteiger partial charge in [-0.05, 0) is 49.2 Å². The van der Waals surface area contributed by atoms with Crippen molar-refractivity contribution in [2.45, 2.75) is 20.3 Å². The van der Waals surface area contributed by atoms with Crippen LogP contribution < -0.4 is 15.5 Å². The number of fused-ring (bicyclic) bond motifs is 1. The Morgan fingerprint density at radius 3 is 2.55 bits per heavy atom. The van der Waals surface area contributed by atoms with Gasteiger partial charge in [0.15, 0.2) is 0 Å². The highest BCUT2D eigenvalue weighted by Crippen LogP contribution is 2.33. The van der Waals surface area contributed by atoms with Crippen LogP contribution in [0.2, 0.25) is 0 Å². The summed E-state index contributed by atoms with van der Waals surface area (Å²) in [5.41, 5.74) is 2.73. The number of ether oxygens (including phenoxy) is 1. The second kappa shape index (κ2) is 8.95. The summed E-state index contributed by atoms with van der Waals surface area (Å²) >= 11 is 0. The maximum absolute atomic E-state index is 13.9. The molecule has 2 amide bonds. The van der Waals surface area contributed by atoms with E-state index in [1.54, 1.807) is 12.1 Å². The Hall–Kier alpha value is -3.75. The Balaban J connectivity index is 1.93. The summed E-state index contributed by atoms with van der Waals surface area (Å²) in [4.78, 5) is 38.4. The van der Waals surface area contributed by atoms with Crippen LogP contribution >= 0.6 is 0 Å². The van der Waals surface area contributed by atoms with Crippen molar-refractivity contribution in [1.82, 2.24) is 0 Å². The summed E-state index contributed by atoms with van der Waals surface area (Å²) < 4.78 is 31.9. The molecule has 2 aromatic carbocycles. The monoisotopic (exact) mass is 429 g/mol. The first-order valence-electron chi connectivity index (χ1n) is 9.40. The quantitative estimate of drug-likeness (QED) is 0.711. The maximum atomic E-state index is 13.9. The van der Waals surface area contributed by atoms with E-state index >= 15 is 0 Å². The molecule has 1 aliphatic rings. The van der Waals surface area contributed by atoms with Gasteiger partial charge in [-0.3, -0.25) is 19.3 Å². The molecule has 0 spiro atoms. The zero-order chi connectivity index (χ0) is 22.7. The molecule has 0 aromatic heterocycles. The largest absolute Gasteiger partial charge is 0.469 e. The molecular formula is C22H21F2N3O4. The van der Waals surface area contributed by atoms with Crippen molar-refractivity contribution in [3.8, 4) is 0 Å². The highest BCUT2D eigenvalue weighted by Gasteiger charge is 2.26. The molecule has 31 heavy (non-hydrogen) atoms. The zero-order valence-corrected chi connectivity index (χ0v) is 17.2. The summed E-state index contributed by atoms with van der Waals surface area (Å²) in [5.74, 6) is -3.32. The molecule has 162 valence electrons. The van der Waals surface area contributed by atoms with Gasteiger partial charge in [0.1, 0.15) is 18.2 Å². The molecule has 1 heterocycles. The standard InChI is InChI=1S/C22H21F2N3O4/c1-12-6-18-19(7-13(12)2)27(21(29)9-15(25-18)10-22(30)31-3)11-20(28)26-17-8-14(23)4-5-16(17)24/h4-9,25H,10-11H2,1-3H3,(H,26,28). The average molecular weight is 429 g/mol. The van der Waals surface area contributed by atoms with Crippen LogP contribution in [0.3, 0.4) is 0 Å². The number of aryl methyl sites for hydroxylation is 2. The molecule has 0 radical (unpaired) electrons. The molecule has 0 bridgehead atoms. The number of benzene rings is 2. The van der Waals surface area contributed by atoms with Crippen LogP contribution in [0.4, 0.5) is 25.8 Å². The van der Waals surface area contributed by atoms with Crippen LogP contribution in [-0.4, -0.2) is 31.4 Å². The fourth-order valence-electron chi connectivity index (χ4n) is 3.09. The average Bonchev–Trinajstić information content (AvgIpc) is 2.82. The van der Waals surface area contributed by atoms with E-state index in [2.05, 4.69) is 15.4 Å². The van der Waals surface area contributed by atoms with Crippen LogP contribution in [0.25, 0.3) is 0 Å². The number of amides is 2. The normalized spacial score (nSPS) is 13.0. The Morgan fingerprint density at radius 1 is 1.13 bits per heavy atom. The molecule has 0 unspecified atom stereocenters. The fraction of sp³-hybridized carbons (Fsp3) is 0.227. The highest BCUT2D eigenvalue weighted by atomic mass is 19.1. The predicted molar refractivity (Wildman–Crippen MR) is 112 cm³/mol. The Labute approximate surface area is 177 Å². The molecule has 9 heteroatoms. The molecule has 2 N–H and O–H groups in total. The number of esters is 1. The molecule has 0 atom stereocenters. The van der Waals surface area contributed by atoms with Crippen molar-refractivity contribution in [3.05, 3.63) is 64.9 Å². The fourth-order valence-corrected chi connectivity index (χ4v) is 3.09. The number of hydrogen-bond donors (Lipinski definition) is 2. The Bertz CT molecular complexity index is 1100. The molecule has 1 aliphatic heterocycles. The number of halogens is 2. The summed E-state index contributed by atoms with van der Waals surface area (Å²) in [6.45, 7) is 3.29. The number of nitrogens with one attached hydrogen (secondary N) is 2. The third-order valence-electron chi connectivity index (χ3n) is 4.83. The van der Waals surface area contributed by atoms with E-state index in [1.807, 2.05) is 13.8 Å². The van der Waals surface area contributed by atoms with Crippen molar-refractivity contribution in [1.29, 1.82) is 0 Å². The molecule has 0 saturated heterocycles. The van der Waals surface area contributed by atoms with Gasteiger partial charge < -0.3 is 15.4 Å². The smallest absolute Gasteiger partial charge is 0.311 e. The van der Waals surface area contributed by atoms with Crippen LogP contribution in [0.1, 0.15) is 17.5 Å².